The van der Waals surface area contributed by atoms with E-state index in [1.807, 2.05) is 32.9 Å². The van der Waals surface area contributed by atoms with Crippen molar-refractivity contribution in [3.63, 3.8) is 0 Å². The first kappa shape index (κ1) is 15.5. The van der Waals surface area contributed by atoms with E-state index in [9.17, 15) is 4.79 Å². The minimum atomic E-state index is -0.487. The van der Waals surface area contributed by atoms with E-state index in [0.717, 1.165) is 24.8 Å². The number of rotatable bonds is 1. The molecule has 21 heavy (non-hydrogen) atoms. The summed E-state index contributed by atoms with van der Waals surface area (Å²) in [4.78, 5) is 14.2. The number of hydrogen-bond donors (Lipinski definition) is 2. The summed E-state index contributed by atoms with van der Waals surface area (Å²) in [5, 5.41) is 0. The first-order chi connectivity index (χ1) is 9.78. The van der Waals surface area contributed by atoms with Crippen LogP contribution in [0.4, 0.5) is 16.2 Å². The second-order valence-electron chi connectivity index (χ2n) is 6.57. The molecule has 1 aliphatic rings. The Bertz CT molecular complexity index is 523. The predicted octanol–water partition coefficient (Wildman–Crippen LogP) is 3.31. The number of nitrogen functional groups attached to an aromatic ring is 2. The van der Waals surface area contributed by atoms with E-state index in [2.05, 4.69) is 0 Å². The van der Waals surface area contributed by atoms with E-state index in [0.29, 0.717) is 17.9 Å². The van der Waals surface area contributed by atoms with Crippen LogP contribution in [0.2, 0.25) is 0 Å². The van der Waals surface area contributed by atoms with Crippen LogP contribution in [0.15, 0.2) is 18.2 Å². The first-order valence-corrected chi connectivity index (χ1v) is 7.42. The molecule has 116 valence electrons. The number of amides is 1. The van der Waals surface area contributed by atoms with Crippen molar-refractivity contribution < 1.29 is 9.53 Å². The highest BCUT2D eigenvalue weighted by Gasteiger charge is 2.31. The number of piperidine rings is 1. The molecule has 0 saturated carbocycles. The number of hydrogen-bond acceptors (Lipinski definition) is 4. The summed E-state index contributed by atoms with van der Waals surface area (Å²) < 4.78 is 5.51. The molecule has 1 aromatic carbocycles. The summed E-state index contributed by atoms with van der Waals surface area (Å²) in [6.07, 6.45) is 2.75. The lowest BCUT2D eigenvalue weighted by Gasteiger charge is -2.37. The molecule has 1 amide bonds. The smallest absolute Gasteiger partial charge is 0.410 e. The number of ether oxygens (including phenoxy) is 1. The van der Waals surface area contributed by atoms with Crippen molar-refractivity contribution in [1.29, 1.82) is 0 Å². The van der Waals surface area contributed by atoms with Crippen molar-refractivity contribution >= 4 is 17.5 Å². The fourth-order valence-corrected chi connectivity index (χ4v) is 2.62. The molecule has 0 radical (unpaired) electrons. The largest absolute Gasteiger partial charge is 0.444 e. The Morgan fingerprint density at radius 3 is 2.57 bits per heavy atom. The van der Waals surface area contributed by atoms with E-state index in [4.69, 9.17) is 16.2 Å². The number of carbonyl (C=O) groups is 1. The Kier molecular flexibility index (Phi) is 4.30. The van der Waals surface area contributed by atoms with Crippen LogP contribution < -0.4 is 11.5 Å². The van der Waals surface area contributed by atoms with E-state index in [1.54, 1.807) is 11.0 Å². The van der Waals surface area contributed by atoms with Gasteiger partial charge in [-0.2, -0.15) is 0 Å². The summed E-state index contributed by atoms with van der Waals surface area (Å²) in [6, 6.07) is 5.62. The van der Waals surface area contributed by atoms with Crippen LogP contribution in [-0.4, -0.2) is 23.1 Å². The van der Waals surface area contributed by atoms with Crippen LogP contribution >= 0.6 is 0 Å². The molecular weight excluding hydrogens is 266 g/mol. The minimum Gasteiger partial charge on any atom is -0.444 e. The molecule has 1 atom stereocenters. The minimum absolute atomic E-state index is 0.0106. The fourth-order valence-electron chi connectivity index (χ4n) is 2.62. The average molecular weight is 291 g/mol. The van der Waals surface area contributed by atoms with Crippen molar-refractivity contribution in [2.45, 2.75) is 51.7 Å². The number of nitrogens with zero attached hydrogens (tertiary/aromatic N) is 1. The van der Waals surface area contributed by atoms with Gasteiger partial charge in [0.2, 0.25) is 0 Å². The second-order valence-corrected chi connectivity index (χ2v) is 6.57. The van der Waals surface area contributed by atoms with Crippen LogP contribution in [0.1, 0.15) is 51.6 Å². The Labute approximate surface area is 126 Å². The van der Waals surface area contributed by atoms with E-state index >= 15 is 0 Å². The molecule has 4 N–H and O–H groups in total. The third kappa shape index (κ3) is 3.80. The molecule has 5 heteroatoms. The molecule has 1 fully saturated rings. The van der Waals surface area contributed by atoms with Gasteiger partial charge < -0.3 is 21.1 Å². The van der Waals surface area contributed by atoms with Gasteiger partial charge in [-0.1, -0.05) is 6.07 Å². The molecule has 1 aliphatic heterocycles. The SMILES string of the molecule is CC(C)(C)OC(=O)N1CCCCC1c1ccc(N)c(N)c1. The van der Waals surface area contributed by atoms with Crippen LogP contribution in [0.3, 0.4) is 0 Å². The second kappa shape index (κ2) is 5.84. The lowest BCUT2D eigenvalue weighted by atomic mass is 9.95. The summed E-state index contributed by atoms with van der Waals surface area (Å²) >= 11 is 0. The molecule has 1 unspecified atom stereocenters. The highest BCUT2D eigenvalue weighted by molar-refractivity contribution is 5.70. The molecule has 1 heterocycles. The summed E-state index contributed by atoms with van der Waals surface area (Å²) in [5.41, 5.74) is 13.3. The van der Waals surface area contributed by atoms with Gasteiger partial charge in [0.1, 0.15) is 5.60 Å². The lowest BCUT2D eigenvalue weighted by molar-refractivity contribution is 0.00952. The lowest BCUT2D eigenvalue weighted by Crippen LogP contribution is -2.41. The third-order valence-corrected chi connectivity index (χ3v) is 3.63. The van der Waals surface area contributed by atoms with Crippen LogP contribution in [0.5, 0.6) is 0 Å². The van der Waals surface area contributed by atoms with Crippen molar-refractivity contribution in [2.24, 2.45) is 0 Å². The molecule has 1 saturated heterocycles. The maximum Gasteiger partial charge on any atom is 0.410 e. The fraction of sp³-hybridized carbons (Fsp3) is 0.562. The van der Waals surface area contributed by atoms with Crippen molar-refractivity contribution in [3.8, 4) is 0 Å². The Hall–Kier alpha value is -1.91. The van der Waals surface area contributed by atoms with Gasteiger partial charge in [-0.3, -0.25) is 0 Å². The number of nitrogens with two attached hydrogens (primary N) is 2. The standard InChI is InChI=1S/C16H25N3O2/c1-16(2,3)21-15(20)19-9-5-4-6-14(19)11-7-8-12(17)13(18)10-11/h7-8,10,14H,4-6,9,17-18H2,1-3H3. The molecule has 0 aromatic heterocycles. The molecule has 0 aliphatic carbocycles. The summed E-state index contributed by atoms with van der Waals surface area (Å²) in [6.45, 7) is 6.35. The number of likely N-dealkylation sites (tertiary alicyclic amines) is 1. The topological polar surface area (TPSA) is 81.6 Å². The quantitative estimate of drug-likeness (QED) is 0.778. The monoisotopic (exact) mass is 291 g/mol. The van der Waals surface area contributed by atoms with E-state index < -0.39 is 5.60 Å². The molecule has 1 aromatic rings. The normalized spacial score (nSPS) is 19.4. The maximum atomic E-state index is 12.4. The summed E-state index contributed by atoms with van der Waals surface area (Å²) in [5.74, 6) is 0. The molecule has 0 spiro atoms. The zero-order chi connectivity index (χ0) is 15.6. The predicted molar refractivity (Wildman–Crippen MR) is 84.8 cm³/mol. The van der Waals surface area contributed by atoms with Gasteiger partial charge in [-0.25, -0.2) is 4.79 Å². The van der Waals surface area contributed by atoms with Gasteiger partial charge in [0.15, 0.2) is 0 Å². The highest BCUT2D eigenvalue weighted by Crippen LogP contribution is 2.34. The highest BCUT2D eigenvalue weighted by atomic mass is 16.6. The summed E-state index contributed by atoms with van der Waals surface area (Å²) in [7, 11) is 0. The average Bonchev–Trinajstić information content (AvgIpc) is 2.40. The number of benzene rings is 1. The van der Waals surface area contributed by atoms with Crippen molar-refractivity contribution in [1.82, 2.24) is 4.90 Å². The van der Waals surface area contributed by atoms with Gasteiger partial charge in [0.05, 0.1) is 17.4 Å². The van der Waals surface area contributed by atoms with Gasteiger partial charge in [-0.15, -0.1) is 0 Å². The zero-order valence-corrected chi connectivity index (χ0v) is 13.1. The first-order valence-electron chi connectivity index (χ1n) is 7.42. The van der Waals surface area contributed by atoms with Gasteiger partial charge in [0, 0.05) is 6.54 Å². The van der Waals surface area contributed by atoms with E-state index in [-0.39, 0.29) is 12.1 Å². The van der Waals surface area contributed by atoms with Crippen molar-refractivity contribution in [3.05, 3.63) is 23.8 Å². The van der Waals surface area contributed by atoms with Gasteiger partial charge in [0.25, 0.3) is 0 Å². The number of carbonyl (C=O) groups excluding carboxylic acids is 1. The molecular formula is C16H25N3O2. The van der Waals surface area contributed by atoms with Gasteiger partial charge in [-0.05, 0) is 57.7 Å². The molecule has 5 nitrogen and oxygen atoms in total. The molecule has 0 bridgehead atoms. The van der Waals surface area contributed by atoms with Crippen LogP contribution in [0, 0.1) is 0 Å². The van der Waals surface area contributed by atoms with Crippen LogP contribution in [0.25, 0.3) is 0 Å². The third-order valence-electron chi connectivity index (χ3n) is 3.63. The Balaban J connectivity index is 2.22. The van der Waals surface area contributed by atoms with E-state index in [1.165, 1.54) is 0 Å². The Morgan fingerprint density at radius 1 is 1.24 bits per heavy atom. The van der Waals surface area contributed by atoms with Gasteiger partial charge >= 0.3 is 6.09 Å². The number of anilines is 2. The molecule has 2 rings (SSSR count). The van der Waals surface area contributed by atoms with Crippen LogP contribution in [-0.2, 0) is 4.74 Å². The van der Waals surface area contributed by atoms with Crippen molar-refractivity contribution in [2.75, 3.05) is 18.0 Å². The maximum absolute atomic E-state index is 12.4. The Morgan fingerprint density at radius 2 is 1.95 bits per heavy atom. The zero-order valence-electron chi connectivity index (χ0n) is 13.1.